The van der Waals surface area contributed by atoms with Crippen LogP contribution in [0.25, 0.3) is 0 Å². The number of carboxylic acid groups (broad SMARTS) is 1. The Hall–Kier alpha value is -2.16. The maximum absolute atomic E-state index is 11.2. The van der Waals surface area contributed by atoms with E-state index in [0.29, 0.717) is 0 Å². The van der Waals surface area contributed by atoms with Crippen molar-refractivity contribution in [3.8, 4) is 0 Å². The first-order valence-electron chi connectivity index (χ1n) is 6.52. The van der Waals surface area contributed by atoms with Crippen molar-refractivity contribution in [1.29, 1.82) is 0 Å². The molecule has 0 radical (unpaired) electrons. The zero-order chi connectivity index (χ0) is 17.1. The van der Waals surface area contributed by atoms with Gasteiger partial charge in [-0.2, -0.15) is 0 Å². The summed E-state index contributed by atoms with van der Waals surface area (Å²) in [5, 5.41) is 19.3. The van der Waals surface area contributed by atoms with Gasteiger partial charge in [0.1, 0.15) is 12.2 Å². The highest BCUT2D eigenvalue weighted by atomic mass is 16.6. The second-order valence-corrected chi connectivity index (χ2v) is 5.11. The predicted molar refractivity (Wildman–Crippen MR) is 68.5 cm³/mol. The van der Waals surface area contributed by atoms with Crippen molar-refractivity contribution >= 4 is 23.9 Å². The third kappa shape index (κ3) is 4.42. The Morgan fingerprint density at radius 1 is 0.864 bits per heavy atom. The van der Waals surface area contributed by atoms with Crippen LogP contribution in [0.2, 0.25) is 0 Å². The van der Waals surface area contributed by atoms with Crippen LogP contribution in [-0.2, 0) is 33.4 Å². The summed E-state index contributed by atoms with van der Waals surface area (Å²) in [6.45, 7) is 3.27. The largest absolute Gasteiger partial charge is 0.479 e. The number of hydrogen-bond donors (Lipinski definition) is 2. The lowest BCUT2D eigenvalue weighted by Crippen LogP contribution is -2.59. The second-order valence-electron chi connectivity index (χ2n) is 5.11. The lowest BCUT2D eigenvalue weighted by molar-refractivity contribution is -0.213. The van der Waals surface area contributed by atoms with Crippen molar-refractivity contribution in [2.45, 2.75) is 57.5 Å². The molecule has 2 N–H and O–H groups in total. The van der Waals surface area contributed by atoms with Crippen molar-refractivity contribution in [2.24, 2.45) is 0 Å². The molecule has 0 aromatic rings. The highest BCUT2D eigenvalue weighted by Crippen LogP contribution is 2.34. The first-order valence-corrected chi connectivity index (χ1v) is 6.52. The molecule has 0 saturated heterocycles. The van der Waals surface area contributed by atoms with Crippen LogP contribution in [0.4, 0.5) is 0 Å². The van der Waals surface area contributed by atoms with E-state index >= 15 is 0 Å². The first-order chi connectivity index (χ1) is 10.0. The van der Waals surface area contributed by atoms with Gasteiger partial charge in [-0.1, -0.05) is 0 Å². The van der Waals surface area contributed by atoms with Crippen molar-refractivity contribution in [1.82, 2.24) is 0 Å². The molecular weight excluding hydrogens is 300 g/mol. The van der Waals surface area contributed by atoms with Crippen LogP contribution in [0.1, 0.15) is 33.6 Å². The fraction of sp³-hybridized carbons (Fsp3) is 0.692. The van der Waals surface area contributed by atoms with Gasteiger partial charge in [0.15, 0.2) is 11.7 Å². The molecule has 3 unspecified atom stereocenters. The summed E-state index contributed by atoms with van der Waals surface area (Å²) < 4.78 is 14.9. The summed E-state index contributed by atoms with van der Waals surface area (Å²) in [5.74, 6) is -3.78. The minimum absolute atomic E-state index is 0.488. The van der Waals surface area contributed by atoms with Crippen LogP contribution in [-0.4, -0.2) is 58.0 Å². The van der Waals surface area contributed by atoms with Gasteiger partial charge in [0, 0.05) is 33.6 Å². The zero-order valence-corrected chi connectivity index (χ0v) is 12.4. The topological polar surface area (TPSA) is 136 Å². The Balaban J connectivity index is 3.14. The van der Waals surface area contributed by atoms with Gasteiger partial charge < -0.3 is 24.4 Å². The van der Waals surface area contributed by atoms with E-state index in [9.17, 15) is 24.3 Å². The lowest BCUT2D eigenvalue weighted by atomic mass is 9.79. The molecule has 1 fully saturated rings. The molecule has 4 atom stereocenters. The highest BCUT2D eigenvalue weighted by Gasteiger charge is 2.54. The summed E-state index contributed by atoms with van der Waals surface area (Å²) in [6.07, 6.45) is -4.67. The molecule has 0 aromatic carbocycles. The SMILES string of the molecule is CC(=O)OC1CC(O)(C(=O)O)C[C@@H](OC(C)=O)C1OC(C)=O. The molecule has 124 valence electrons. The molecule has 0 bridgehead atoms. The summed E-state index contributed by atoms with van der Waals surface area (Å²) in [6, 6.07) is 0. The molecule has 1 aliphatic rings. The molecule has 1 saturated carbocycles. The van der Waals surface area contributed by atoms with Crippen LogP contribution >= 0.6 is 0 Å². The average molecular weight is 318 g/mol. The first kappa shape index (κ1) is 17.9. The fourth-order valence-electron chi connectivity index (χ4n) is 2.38. The van der Waals surface area contributed by atoms with Crippen molar-refractivity contribution in [2.75, 3.05) is 0 Å². The Labute approximate surface area is 126 Å². The van der Waals surface area contributed by atoms with Gasteiger partial charge in [0.25, 0.3) is 0 Å². The Morgan fingerprint density at radius 2 is 1.23 bits per heavy atom. The summed E-state index contributed by atoms with van der Waals surface area (Å²) in [7, 11) is 0. The molecular formula is C13H18O9. The number of carboxylic acids is 1. The summed E-state index contributed by atoms with van der Waals surface area (Å²) in [4.78, 5) is 44.7. The van der Waals surface area contributed by atoms with Crippen LogP contribution in [0.5, 0.6) is 0 Å². The molecule has 0 aromatic heterocycles. The Morgan fingerprint density at radius 3 is 1.50 bits per heavy atom. The fourth-order valence-corrected chi connectivity index (χ4v) is 2.38. The normalized spacial score (nSPS) is 31.0. The Kier molecular flexibility index (Phi) is 5.48. The van der Waals surface area contributed by atoms with Crippen LogP contribution in [0.3, 0.4) is 0 Å². The van der Waals surface area contributed by atoms with E-state index in [1.807, 2.05) is 0 Å². The number of rotatable bonds is 4. The highest BCUT2D eigenvalue weighted by molar-refractivity contribution is 5.78. The van der Waals surface area contributed by atoms with E-state index in [1.165, 1.54) is 0 Å². The molecule has 9 heteroatoms. The molecule has 0 aliphatic heterocycles. The number of hydrogen-bond acceptors (Lipinski definition) is 8. The molecule has 0 spiro atoms. The standard InChI is InChI=1S/C13H18O9/c1-6(14)20-9-4-13(19,12(17)18)5-10(21-7(2)15)11(9)22-8(3)16/h9-11,19H,4-5H2,1-3H3,(H,17,18)/t9-,10?,11?,13?/m1/s1. The van der Waals surface area contributed by atoms with Gasteiger partial charge in [0.05, 0.1) is 0 Å². The zero-order valence-electron chi connectivity index (χ0n) is 12.4. The number of aliphatic hydroxyl groups is 1. The summed E-state index contributed by atoms with van der Waals surface area (Å²) >= 11 is 0. The second kappa shape index (κ2) is 6.73. The molecule has 0 heterocycles. The smallest absolute Gasteiger partial charge is 0.335 e. The van der Waals surface area contributed by atoms with E-state index in [2.05, 4.69) is 0 Å². The minimum Gasteiger partial charge on any atom is -0.479 e. The molecule has 22 heavy (non-hydrogen) atoms. The van der Waals surface area contributed by atoms with Crippen LogP contribution in [0.15, 0.2) is 0 Å². The minimum atomic E-state index is -2.27. The van der Waals surface area contributed by atoms with Crippen LogP contribution < -0.4 is 0 Å². The third-order valence-electron chi connectivity index (χ3n) is 3.15. The van der Waals surface area contributed by atoms with Crippen LogP contribution in [0, 0.1) is 0 Å². The molecule has 1 aliphatic carbocycles. The van der Waals surface area contributed by atoms with E-state index in [0.717, 1.165) is 20.8 Å². The monoisotopic (exact) mass is 318 g/mol. The maximum atomic E-state index is 11.2. The number of carbonyl (C=O) groups is 4. The van der Waals surface area contributed by atoms with Gasteiger partial charge in [-0.05, 0) is 0 Å². The number of carbonyl (C=O) groups excluding carboxylic acids is 3. The van der Waals surface area contributed by atoms with Gasteiger partial charge in [-0.3, -0.25) is 14.4 Å². The van der Waals surface area contributed by atoms with E-state index in [-0.39, 0.29) is 0 Å². The van der Waals surface area contributed by atoms with E-state index in [1.54, 1.807) is 0 Å². The van der Waals surface area contributed by atoms with E-state index in [4.69, 9.17) is 19.3 Å². The third-order valence-corrected chi connectivity index (χ3v) is 3.15. The van der Waals surface area contributed by atoms with Gasteiger partial charge in [0.2, 0.25) is 0 Å². The van der Waals surface area contributed by atoms with E-state index < -0.39 is 60.6 Å². The molecule has 0 amide bonds. The number of ether oxygens (including phenoxy) is 3. The molecule has 1 rings (SSSR count). The Bertz CT molecular complexity index is 458. The van der Waals surface area contributed by atoms with Crippen molar-refractivity contribution in [3.05, 3.63) is 0 Å². The molecule has 9 nitrogen and oxygen atoms in total. The average Bonchev–Trinajstić information content (AvgIpc) is 2.31. The maximum Gasteiger partial charge on any atom is 0.335 e. The quantitative estimate of drug-likeness (QED) is 0.513. The van der Waals surface area contributed by atoms with Gasteiger partial charge in [-0.25, -0.2) is 4.79 Å². The van der Waals surface area contributed by atoms with Gasteiger partial charge in [-0.15, -0.1) is 0 Å². The predicted octanol–water partition coefficient (Wildman–Crippen LogP) is -0.609. The van der Waals surface area contributed by atoms with Crippen molar-refractivity contribution < 1.29 is 43.6 Å². The van der Waals surface area contributed by atoms with Gasteiger partial charge >= 0.3 is 23.9 Å². The number of esters is 3. The lowest BCUT2D eigenvalue weighted by Gasteiger charge is -2.41. The van der Waals surface area contributed by atoms with Crippen molar-refractivity contribution in [3.63, 3.8) is 0 Å². The summed E-state index contributed by atoms with van der Waals surface area (Å²) in [5.41, 5.74) is -2.27. The number of aliphatic carboxylic acids is 1.